The molecule has 0 aliphatic heterocycles. The lowest BCUT2D eigenvalue weighted by Crippen LogP contribution is -2.21. The molecule has 0 saturated heterocycles. The molecule has 0 saturated carbocycles. The Morgan fingerprint density at radius 3 is 2.53 bits per heavy atom. The van der Waals surface area contributed by atoms with Crippen molar-refractivity contribution in [2.75, 3.05) is 5.32 Å². The summed E-state index contributed by atoms with van der Waals surface area (Å²) >= 11 is 16.1. The van der Waals surface area contributed by atoms with Gasteiger partial charge in [-0.05, 0) is 24.4 Å². The fourth-order valence-electron chi connectivity index (χ4n) is 0.993. The molecule has 0 atom stereocenters. The fourth-order valence-corrected chi connectivity index (χ4v) is 1.64. The molecule has 0 aromatic heterocycles. The van der Waals surface area contributed by atoms with Crippen molar-refractivity contribution in [2.45, 2.75) is 0 Å². The maximum atomic E-state index is 10.9. The van der Waals surface area contributed by atoms with Gasteiger partial charge >= 0.3 is 5.97 Å². The van der Waals surface area contributed by atoms with E-state index in [1.165, 1.54) is 12.1 Å². The number of carboxylic acids is 1. The number of benzene rings is 1. The molecule has 0 aliphatic carbocycles. The van der Waals surface area contributed by atoms with Gasteiger partial charge in [0.05, 0.1) is 16.3 Å². The second kappa shape index (κ2) is 4.65. The average molecular weight is 265 g/mol. The minimum atomic E-state index is -1.17. The maximum Gasteiger partial charge on any atom is 0.337 e. The van der Waals surface area contributed by atoms with Crippen molar-refractivity contribution >= 4 is 52.2 Å². The third-order valence-electron chi connectivity index (χ3n) is 1.53. The summed E-state index contributed by atoms with van der Waals surface area (Å²) in [7, 11) is 0. The van der Waals surface area contributed by atoms with Crippen LogP contribution in [0.1, 0.15) is 10.4 Å². The number of carbonyl (C=O) groups is 1. The Labute approximate surface area is 101 Å². The van der Waals surface area contributed by atoms with E-state index in [0.717, 1.165) is 0 Å². The number of hydrogen-bond acceptors (Lipinski definition) is 2. The van der Waals surface area contributed by atoms with Crippen LogP contribution in [-0.2, 0) is 0 Å². The van der Waals surface area contributed by atoms with Crippen LogP contribution in [0.25, 0.3) is 0 Å². The summed E-state index contributed by atoms with van der Waals surface area (Å²) in [6.07, 6.45) is 0. The van der Waals surface area contributed by atoms with Crippen molar-refractivity contribution in [1.29, 1.82) is 0 Å². The van der Waals surface area contributed by atoms with Crippen LogP contribution in [0.15, 0.2) is 12.1 Å². The van der Waals surface area contributed by atoms with Crippen LogP contribution in [0.4, 0.5) is 5.69 Å². The van der Waals surface area contributed by atoms with Gasteiger partial charge in [0.25, 0.3) is 0 Å². The van der Waals surface area contributed by atoms with E-state index in [0.29, 0.717) is 0 Å². The zero-order valence-electron chi connectivity index (χ0n) is 7.25. The zero-order valence-corrected chi connectivity index (χ0v) is 9.58. The van der Waals surface area contributed by atoms with E-state index in [2.05, 4.69) is 17.5 Å². The van der Waals surface area contributed by atoms with Crippen molar-refractivity contribution < 1.29 is 9.90 Å². The lowest BCUT2D eigenvalue weighted by atomic mass is 10.2. The zero-order chi connectivity index (χ0) is 11.6. The van der Waals surface area contributed by atoms with Gasteiger partial charge in [0, 0.05) is 5.02 Å². The topological polar surface area (TPSA) is 75.3 Å². The molecule has 0 fully saturated rings. The predicted molar refractivity (Wildman–Crippen MR) is 63.8 cm³/mol. The van der Waals surface area contributed by atoms with Gasteiger partial charge in [0.2, 0.25) is 0 Å². The Morgan fingerprint density at radius 1 is 1.47 bits per heavy atom. The molecular weight excluding hydrogens is 259 g/mol. The molecule has 0 bridgehead atoms. The number of nitrogens with one attached hydrogen (secondary N) is 1. The highest BCUT2D eigenvalue weighted by molar-refractivity contribution is 7.80. The molecule has 0 aliphatic rings. The minimum Gasteiger partial charge on any atom is -0.478 e. The summed E-state index contributed by atoms with van der Waals surface area (Å²) in [5.74, 6) is -1.17. The molecule has 0 unspecified atom stereocenters. The first kappa shape index (κ1) is 12.0. The summed E-state index contributed by atoms with van der Waals surface area (Å²) < 4.78 is 0. The third-order valence-corrected chi connectivity index (χ3v) is 2.15. The minimum absolute atomic E-state index is 0.0678. The molecule has 4 nitrogen and oxygen atoms in total. The molecule has 15 heavy (non-hydrogen) atoms. The highest BCUT2D eigenvalue weighted by Crippen LogP contribution is 2.30. The highest BCUT2D eigenvalue weighted by Gasteiger charge is 2.15. The van der Waals surface area contributed by atoms with Crippen LogP contribution in [0.3, 0.4) is 0 Å². The molecule has 1 aromatic carbocycles. The lowest BCUT2D eigenvalue weighted by Gasteiger charge is -2.10. The van der Waals surface area contributed by atoms with Gasteiger partial charge in [-0.15, -0.1) is 0 Å². The number of thiocarbonyl (C=S) groups is 1. The Hall–Kier alpha value is -1.04. The number of hydrogen-bond donors (Lipinski definition) is 3. The first-order valence-electron chi connectivity index (χ1n) is 3.70. The van der Waals surface area contributed by atoms with Crippen molar-refractivity contribution in [3.8, 4) is 0 Å². The van der Waals surface area contributed by atoms with Gasteiger partial charge < -0.3 is 16.2 Å². The summed E-state index contributed by atoms with van der Waals surface area (Å²) in [6, 6.07) is 2.66. The Kier molecular flexibility index (Phi) is 3.73. The molecule has 4 N–H and O–H groups in total. The van der Waals surface area contributed by atoms with Gasteiger partial charge in [0.1, 0.15) is 0 Å². The van der Waals surface area contributed by atoms with E-state index in [9.17, 15) is 4.79 Å². The van der Waals surface area contributed by atoms with Crippen molar-refractivity contribution in [2.24, 2.45) is 5.73 Å². The molecule has 1 rings (SSSR count). The van der Waals surface area contributed by atoms with Crippen LogP contribution >= 0.6 is 35.4 Å². The Morgan fingerprint density at radius 2 is 2.07 bits per heavy atom. The Balaban J connectivity index is 3.33. The molecule has 0 radical (unpaired) electrons. The maximum absolute atomic E-state index is 10.9. The van der Waals surface area contributed by atoms with Crippen molar-refractivity contribution in [3.05, 3.63) is 27.7 Å². The third kappa shape index (κ3) is 2.95. The van der Waals surface area contributed by atoms with E-state index < -0.39 is 5.97 Å². The van der Waals surface area contributed by atoms with Gasteiger partial charge in [-0.3, -0.25) is 0 Å². The van der Waals surface area contributed by atoms with Crippen LogP contribution < -0.4 is 11.1 Å². The standard InChI is InChI=1S/C8H6Cl2N2O2S/c9-3-1-4(7(13)14)6(5(10)2-3)12-8(11)15/h1-2H,(H,13,14)(H3,11,12,15). The van der Waals surface area contributed by atoms with Crippen LogP contribution in [0, 0.1) is 0 Å². The summed E-state index contributed by atoms with van der Waals surface area (Å²) in [5.41, 5.74) is 5.29. The Bertz CT molecular complexity index is 437. The predicted octanol–water partition coefficient (Wildman–Crippen LogP) is 2.35. The smallest absolute Gasteiger partial charge is 0.337 e. The second-order valence-electron chi connectivity index (χ2n) is 2.60. The number of rotatable bonds is 2. The number of carboxylic acid groups (broad SMARTS) is 1. The summed E-state index contributed by atoms with van der Waals surface area (Å²) in [5, 5.41) is 11.7. The van der Waals surface area contributed by atoms with Gasteiger partial charge in [-0.1, -0.05) is 23.2 Å². The van der Waals surface area contributed by atoms with Gasteiger partial charge in [-0.2, -0.15) is 0 Å². The molecule has 80 valence electrons. The quantitative estimate of drug-likeness (QED) is 0.715. The molecule has 0 heterocycles. The van der Waals surface area contributed by atoms with E-state index in [1.807, 2.05) is 0 Å². The monoisotopic (exact) mass is 264 g/mol. The molecule has 7 heteroatoms. The molecule has 0 amide bonds. The summed E-state index contributed by atoms with van der Waals surface area (Å²) in [4.78, 5) is 10.9. The highest BCUT2D eigenvalue weighted by atomic mass is 35.5. The molecular formula is C8H6Cl2N2O2S. The van der Waals surface area contributed by atoms with Crippen LogP contribution in [0.5, 0.6) is 0 Å². The van der Waals surface area contributed by atoms with Crippen molar-refractivity contribution in [1.82, 2.24) is 0 Å². The molecule has 0 spiro atoms. The number of nitrogens with two attached hydrogens (primary N) is 1. The first-order chi connectivity index (χ1) is 6.91. The summed E-state index contributed by atoms with van der Waals surface area (Å²) in [6.45, 7) is 0. The van der Waals surface area contributed by atoms with E-state index in [-0.39, 0.29) is 26.4 Å². The van der Waals surface area contributed by atoms with E-state index in [4.69, 9.17) is 34.0 Å². The second-order valence-corrected chi connectivity index (χ2v) is 3.89. The van der Waals surface area contributed by atoms with Crippen LogP contribution in [-0.4, -0.2) is 16.2 Å². The van der Waals surface area contributed by atoms with E-state index >= 15 is 0 Å². The SMILES string of the molecule is NC(=S)Nc1c(Cl)cc(Cl)cc1C(=O)O. The van der Waals surface area contributed by atoms with Gasteiger partial charge in [-0.25, -0.2) is 4.79 Å². The average Bonchev–Trinajstić information content (AvgIpc) is 2.08. The van der Waals surface area contributed by atoms with Gasteiger partial charge in [0.15, 0.2) is 5.11 Å². The molecule has 1 aromatic rings. The lowest BCUT2D eigenvalue weighted by molar-refractivity contribution is 0.0698. The first-order valence-corrected chi connectivity index (χ1v) is 4.87. The number of anilines is 1. The normalized spacial score (nSPS) is 9.73. The van der Waals surface area contributed by atoms with Crippen molar-refractivity contribution in [3.63, 3.8) is 0 Å². The number of halogens is 2. The largest absolute Gasteiger partial charge is 0.478 e. The fraction of sp³-hybridized carbons (Fsp3) is 0. The van der Waals surface area contributed by atoms with E-state index in [1.54, 1.807) is 0 Å². The van der Waals surface area contributed by atoms with Crippen LogP contribution in [0.2, 0.25) is 10.0 Å². The number of aromatic carboxylic acids is 1.